The molecule has 0 saturated heterocycles. The van der Waals surface area contributed by atoms with Crippen LogP contribution in [0.25, 0.3) is 21.9 Å². The number of aliphatic hydroxyl groups excluding tert-OH is 1. The van der Waals surface area contributed by atoms with Gasteiger partial charge in [0, 0.05) is 32.0 Å². The van der Waals surface area contributed by atoms with Gasteiger partial charge in [-0.15, -0.1) is 0 Å². The lowest BCUT2D eigenvalue weighted by Gasteiger charge is -2.13. The van der Waals surface area contributed by atoms with Crippen molar-refractivity contribution in [3.63, 3.8) is 0 Å². The third-order valence-corrected chi connectivity index (χ3v) is 7.15. The van der Waals surface area contributed by atoms with E-state index in [4.69, 9.17) is 22.9 Å². The number of aromatic nitrogens is 3. The van der Waals surface area contributed by atoms with Crippen molar-refractivity contribution in [1.29, 1.82) is 0 Å². The number of aliphatic hydroxyl groups is 1. The topological polar surface area (TPSA) is 168 Å². The molecule has 2 amide bonds. The molecule has 4 aromatic rings. The lowest BCUT2D eigenvalue weighted by Crippen LogP contribution is -2.45. The Bertz CT molecular complexity index is 1570. The summed E-state index contributed by atoms with van der Waals surface area (Å²) in [6, 6.07) is 16.2. The van der Waals surface area contributed by atoms with E-state index in [0.29, 0.717) is 24.0 Å². The molecule has 2 aromatic heterocycles. The quantitative estimate of drug-likeness (QED) is 0.0918. The van der Waals surface area contributed by atoms with E-state index in [2.05, 4.69) is 60.7 Å². The Labute approximate surface area is 255 Å². The number of methoxy groups -OCH3 is 1. The average molecular weight is 607 g/mol. The molecule has 43 heavy (non-hydrogen) atoms. The minimum Gasteiger partial charge on any atom is -0.382 e. The van der Waals surface area contributed by atoms with Crippen LogP contribution in [0.3, 0.4) is 0 Å². The van der Waals surface area contributed by atoms with Crippen molar-refractivity contribution in [2.45, 2.75) is 45.6 Å². The zero-order valence-electron chi connectivity index (χ0n) is 24.4. The third kappa shape index (κ3) is 8.60. The van der Waals surface area contributed by atoms with Gasteiger partial charge in [0.15, 0.2) is 17.2 Å². The van der Waals surface area contributed by atoms with Crippen LogP contribution in [-0.2, 0) is 33.8 Å². The van der Waals surface area contributed by atoms with Gasteiger partial charge in [-0.1, -0.05) is 55.8 Å². The standard InChI is InChI=1S/C30H38N8O4S/c1-3-4-9-23-37-27-28(21-7-5-6-8-22(21)36-29(27)31)38(23)18-20-12-10-19(11-13-20)14-34-30(43)35-16-25(40)32-15-24(39)33-17-26(41)42-2/h5-8,10-13,26,41H,3-4,9,14-18H2,1-2H3,(H2,31,36)(H,32,40)(H,33,39)(H2,34,35,43). The van der Waals surface area contributed by atoms with E-state index in [0.717, 1.165) is 58.2 Å². The molecule has 228 valence electrons. The van der Waals surface area contributed by atoms with Crippen LogP contribution in [0.4, 0.5) is 5.82 Å². The monoisotopic (exact) mass is 606 g/mol. The molecule has 0 spiro atoms. The lowest BCUT2D eigenvalue weighted by molar-refractivity contribution is -0.127. The summed E-state index contributed by atoms with van der Waals surface area (Å²) >= 11 is 5.29. The molecule has 2 aromatic carbocycles. The Kier molecular flexibility index (Phi) is 11.2. The van der Waals surface area contributed by atoms with Gasteiger partial charge in [0.1, 0.15) is 11.3 Å². The number of pyridine rings is 1. The summed E-state index contributed by atoms with van der Waals surface area (Å²) in [6.07, 6.45) is 1.86. The predicted octanol–water partition coefficient (Wildman–Crippen LogP) is 1.72. The fourth-order valence-corrected chi connectivity index (χ4v) is 4.68. The number of unbranched alkanes of at least 4 members (excludes halogenated alkanes) is 1. The van der Waals surface area contributed by atoms with Gasteiger partial charge in [-0.05, 0) is 35.8 Å². The van der Waals surface area contributed by atoms with Gasteiger partial charge >= 0.3 is 0 Å². The number of rotatable bonds is 14. The summed E-state index contributed by atoms with van der Waals surface area (Å²) in [6.45, 7) is 2.91. The van der Waals surface area contributed by atoms with E-state index in [1.54, 1.807) is 0 Å². The molecule has 0 aliphatic carbocycles. The molecule has 12 nitrogen and oxygen atoms in total. The number of carbonyl (C=O) groups excluding carboxylic acids is 2. The number of nitrogens with one attached hydrogen (secondary N) is 4. The van der Waals surface area contributed by atoms with Gasteiger partial charge in [-0.3, -0.25) is 9.59 Å². The second kappa shape index (κ2) is 15.2. The van der Waals surface area contributed by atoms with E-state index < -0.39 is 18.1 Å². The fraction of sp³-hybridized carbons (Fsp3) is 0.367. The van der Waals surface area contributed by atoms with Crippen molar-refractivity contribution in [2.75, 3.05) is 32.5 Å². The van der Waals surface area contributed by atoms with E-state index in [-0.39, 0.29) is 19.6 Å². The number of thiocarbonyl (C=S) groups is 1. The summed E-state index contributed by atoms with van der Waals surface area (Å²) in [5.74, 6) is 0.601. The van der Waals surface area contributed by atoms with E-state index in [9.17, 15) is 14.7 Å². The second-order valence-electron chi connectivity index (χ2n) is 10.1. The van der Waals surface area contributed by atoms with Crippen molar-refractivity contribution < 1.29 is 19.4 Å². The van der Waals surface area contributed by atoms with Gasteiger partial charge in [0.25, 0.3) is 0 Å². The number of nitrogens with zero attached hydrogens (tertiary/aromatic N) is 3. The van der Waals surface area contributed by atoms with Crippen LogP contribution in [-0.4, -0.2) is 69.6 Å². The van der Waals surface area contributed by atoms with Gasteiger partial charge in [0.2, 0.25) is 11.8 Å². The smallest absolute Gasteiger partial charge is 0.239 e. The number of hydrogen-bond donors (Lipinski definition) is 6. The molecule has 0 aliphatic heterocycles. The number of ether oxygens (including phenoxy) is 1. The van der Waals surface area contributed by atoms with Crippen LogP contribution >= 0.6 is 12.2 Å². The number of nitrogen functional groups attached to an aromatic ring is 1. The highest BCUT2D eigenvalue weighted by molar-refractivity contribution is 7.80. The summed E-state index contributed by atoms with van der Waals surface area (Å²) in [5, 5.41) is 21.4. The van der Waals surface area contributed by atoms with Gasteiger partial charge in [0.05, 0.1) is 30.7 Å². The summed E-state index contributed by atoms with van der Waals surface area (Å²) in [4.78, 5) is 33.2. The Morgan fingerprint density at radius 1 is 1.00 bits per heavy atom. The van der Waals surface area contributed by atoms with E-state index in [1.807, 2.05) is 30.3 Å². The van der Waals surface area contributed by atoms with Crippen LogP contribution in [0.15, 0.2) is 48.5 Å². The molecule has 0 bridgehead atoms. The van der Waals surface area contributed by atoms with Crippen molar-refractivity contribution in [2.24, 2.45) is 0 Å². The minimum absolute atomic E-state index is 0.0665. The Hall–Kier alpha value is -4.33. The summed E-state index contributed by atoms with van der Waals surface area (Å²) in [7, 11) is 1.32. The van der Waals surface area contributed by atoms with Crippen LogP contribution in [0.2, 0.25) is 0 Å². The van der Waals surface area contributed by atoms with Crippen molar-refractivity contribution in [3.05, 3.63) is 65.5 Å². The molecule has 1 atom stereocenters. The number of imidazole rings is 1. The van der Waals surface area contributed by atoms with Crippen molar-refractivity contribution >= 4 is 56.9 Å². The Balaban J connectivity index is 1.32. The first kappa shape index (κ1) is 31.6. The number of fused-ring (bicyclic) bond motifs is 3. The molecule has 7 N–H and O–H groups in total. The molecular weight excluding hydrogens is 568 g/mol. The highest BCUT2D eigenvalue weighted by atomic mass is 32.1. The SMILES string of the molecule is CCCCc1nc2c(N)nc3ccccc3c2n1Cc1ccc(CNC(=S)NCC(=O)NCC(=O)NCC(O)OC)cc1. The first-order chi connectivity index (χ1) is 20.8. The number of hydrogen-bond acceptors (Lipinski definition) is 8. The number of amides is 2. The molecule has 2 heterocycles. The van der Waals surface area contributed by atoms with Crippen molar-refractivity contribution in [1.82, 2.24) is 35.8 Å². The number of nitrogens with two attached hydrogens (primary N) is 1. The molecule has 0 saturated carbocycles. The van der Waals surface area contributed by atoms with Crippen LogP contribution in [0.1, 0.15) is 36.7 Å². The predicted molar refractivity (Wildman–Crippen MR) is 170 cm³/mol. The maximum absolute atomic E-state index is 12.0. The Morgan fingerprint density at radius 2 is 1.70 bits per heavy atom. The van der Waals surface area contributed by atoms with Crippen LogP contribution in [0, 0.1) is 0 Å². The molecule has 4 rings (SSSR count). The zero-order valence-corrected chi connectivity index (χ0v) is 25.2. The molecule has 13 heteroatoms. The van der Waals surface area contributed by atoms with Gasteiger partial charge < -0.3 is 41.4 Å². The van der Waals surface area contributed by atoms with Gasteiger partial charge in [-0.25, -0.2) is 9.97 Å². The molecule has 0 radical (unpaired) electrons. The average Bonchev–Trinajstić information content (AvgIpc) is 3.38. The molecule has 1 unspecified atom stereocenters. The molecule has 0 fully saturated rings. The maximum Gasteiger partial charge on any atom is 0.239 e. The van der Waals surface area contributed by atoms with E-state index >= 15 is 0 Å². The second-order valence-corrected chi connectivity index (χ2v) is 10.5. The first-order valence-corrected chi connectivity index (χ1v) is 14.6. The van der Waals surface area contributed by atoms with E-state index in [1.165, 1.54) is 7.11 Å². The number of benzene rings is 2. The summed E-state index contributed by atoms with van der Waals surface area (Å²) in [5.41, 5.74) is 11.1. The maximum atomic E-state index is 12.0. The van der Waals surface area contributed by atoms with Gasteiger partial charge in [-0.2, -0.15) is 0 Å². The largest absolute Gasteiger partial charge is 0.382 e. The number of aryl methyl sites for hydroxylation is 1. The minimum atomic E-state index is -1.10. The Morgan fingerprint density at radius 3 is 2.44 bits per heavy atom. The number of carbonyl (C=O) groups is 2. The first-order valence-electron chi connectivity index (χ1n) is 14.2. The highest BCUT2D eigenvalue weighted by Crippen LogP contribution is 2.30. The normalized spacial score (nSPS) is 11.8. The molecular formula is C30H38N8O4S. The van der Waals surface area contributed by atoms with Crippen LogP contribution < -0.4 is 27.0 Å². The number of anilines is 1. The highest BCUT2D eigenvalue weighted by Gasteiger charge is 2.17. The van der Waals surface area contributed by atoms with Crippen LogP contribution in [0.5, 0.6) is 0 Å². The summed E-state index contributed by atoms with van der Waals surface area (Å²) < 4.78 is 6.89. The third-order valence-electron chi connectivity index (χ3n) is 6.86. The lowest BCUT2D eigenvalue weighted by atomic mass is 10.1. The number of para-hydroxylation sites is 1. The van der Waals surface area contributed by atoms with Crippen molar-refractivity contribution in [3.8, 4) is 0 Å². The fourth-order valence-electron chi connectivity index (χ4n) is 4.54. The molecule has 0 aliphatic rings. The zero-order chi connectivity index (χ0) is 30.8.